The standard InChI is InChI=1S/C15H20ClNO3.ClH/c1-3-20-15(18)11-6-8-17(9-7-11)12-4-5-13(16)14(10-12)19-2;/h4-5,10-11H,3,6-9H2,1-2H3;1H. The average molecular weight is 334 g/mol. The number of carbonyl (C=O) groups is 1. The summed E-state index contributed by atoms with van der Waals surface area (Å²) >= 11 is 6.03. The lowest BCUT2D eigenvalue weighted by Crippen LogP contribution is -2.36. The molecule has 1 saturated heterocycles. The fraction of sp³-hybridized carbons (Fsp3) is 0.533. The van der Waals surface area contributed by atoms with E-state index in [1.807, 2.05) is 25.1 Å². The summed E-state index contributed by atoms with van der Waals surface area (Å²) in [5, 5.41) is 0.609. The van der Waals surface area contributed by atoms with E-state index >= 15 is 0 Å². The van der Waals surface area contributed by atoms with Crippen LogP contribution in [0.4, 0.5) is 5.69 Å². The average Bonchev–Trinajstić information content (AvgIpc) is 2.48. The maximum atomic E-state index is 11.7. The lowest BCUT2D eigenvalue weighted by molar-refractivity contribution is -0.148. The molecule has 118 valence electrons. The van der Waals surface area contributed by atoms with Crippen molar-refractivity contribution in [1.82, 2.24) is 0 Å². The fourth-order valence-electron chi connectivity index (χ4n) is 2.48. The van der Waals surface area contributed by atoms with Crippen molar-refractivity contribution in [2.45, 2.75) is 19.8 Å². The van der Waals surface area contributed by atoms with Crippen LogP contribution in [0.2, 0.25) is 5.02 Å². The van der Waals surface area contributed by atoms with Crippen molar-refractivity contribution in [3.63, 3.8) is 0 Å². The zero-order valence-electron chi connectivity index (χ0n) is 12.3. The molecule has 1 aromatic carbocycles. The molecule has 6 heteroatoms. The molecule has 0 bridgehead atoms. The van der Waals surface area contributed by atoms with Crippen LogP contribution in [0.25, 0.3) is 0 Å². The summed E-state index contributed by atoms with van der Waals surface area (Å²) in [6, 6.07) is 5.76. The van der Waals surface area contributed by atoms with Gasteiger partial charge in [-0.05, 0) is 31.9 Å². The van der Waals surface area contributed by atoms with E-state index in [0.717, 1.165) is 31.6 Å². The van der Waals surface area contributed by atoms with Crippen LogP contribution in [0.1, 0.15) is 19.8 Å². The minimum atomic E-state index is -0.0687. The van der Waals surface area contributed by atoms with Gasteiger partial charge in [0.05, 0.1) is 24.7 Å². The van der Waals surface area contributed by atoms with Crippen molar-refractivity contribution < 1.29 is 14.3 Å². The zero-order valence-corrected chi connectivity index (χ0v) is 13.9. The Bertz CT molecular complexity index is 474. The second-order valence-electron chi connectivity index (χ2n) is 4.83. The Labute approximate surface area is 136 Å². The first kappa shape index (κ1) is 17.9. The number of methoxy groups -OCH3 is 1. The topological polar surface area (TPSA) is 38.8 Å². The van der Waals surface area contributed by atoms with Crippen molar-refractivity contribution in [3.05, 3.63) is 23.2 Å². The number of carbonyl (C=O) groups excluding carboxylic acids is 1. The number of hydrogen-bond acceptors (Lipinski definition) is 4. The predicted molar refractivity (Wildman–Crippen MR) is 86.8 cm³/mol. The van der Waals surface area contributed by atoms with Gasteiger partial charge in [0, 0.05) is 24.8 Å². The molecule has 1 aromatic rings. The quantitative estimate of drug-likeness (QED) is 0.790. The van der Waals surface area contributed by atoms with E-state index < -0.39 is 0 Å². The van der Waals surface area contributed by atoms with Crippen molar-refractivity contribution in [1.29, 1.82) is 0 Å². The Morgan fingerprint density at radius 2 is 2.05 bits per heavy atom. The van der Waals surface area contributed by atoms with E-state index in [2.05, 4.69) is 4.90 Å². The van der Waals surface area contributed by atoms with Gasteiger partial charge in [-0.1, -0.05) is 11.6 Å². The lowest BCUT2D eigenvalue weighted by Gasteiger charge is -2.32. The van der Waals surface area contributed by atoms with Crippen LogP contribution in [0.3, 0.4) is 0 Å². The molecule has 0 atom stereocenters. The summed E-state index contributed by atoms with van der Waals surface area (Å²) in [6.07, 6.45) is 1.65. The first-order valence-corrected chi connectivity index (χ1v) is 7.28. The predicted octanol–water partition coefficient (Wildman–Crippen LogP) is 3.55. The maximum Gasteiger partial charge on any atom is 0.309 e. The highest BCUT2D eigenvalue weighted by molar-refractivity contribution is 6.32. The number of ether oxygens (including phenoxy) is 2. The lowest BCUT2D eigenvalue weighted by atomic mass is 9.96. The Morgan fingerprint density at radius 3 is 2.62 bits per heavy atom. The minimum absolute atomic E-state index is 0. The first-order chi connectivity index (χ1) is 9.65. The van der Waals surface area contributed by atoms with E-state index in [0.29, 0.717) is 17.4 Å². The maximum absolute atomic E-state index is 11.7. The molecular formula is C15H21Cl2NO3. The Morgan fingerprint density at radius 1 is 1.38 bits per heavy atom. The van der Waals surface area contributed by atoms with Gasteiger partial charge in [-0.15, -0.1) is 12.4 Å². The van der Waals surface area contributed by atoms with Crippen molar-refractivity contribution in [2.24, 2.45) is 5.92 Å². The molecular weight excluding hydrogens is 313 g/mol. The van der Waals surface area contributed by atoms with E-state index in [1.54, 1.807) is 7.11 Å². The molecule has 1 aliphatic rings. The van der Waals surface area contributed by atoms with Crippen LogP contribution >= 0.6 is 24.0 Å². The van der Waals surface area contributed by atoms with E-state index in [9.17, 15) is 4.79 Å². The second-order valence-corrected chi connectivity index (χ2v) is 5.24. The highest BCUT2D eigenvalue weighted by Gasteiger charge is 2.26. The third-order valence-corrected chi connectivity index (χ3v) is 3.93. The Hall–Kier alpha value is -1.13. The Balaban J connectivity index is 0.00000220. The summed E-state index contributed by atoms with van der Waals surface area (Å²) < 4.78 is 10.3. The van der Waals surface area contributed by atoms with E-state index in [1.165, 1.54) is 0 Å². The van der Waals surface area contributed by atoms with Crippen LogP contribution < -0.4 is 9.64 Å². The number of anilines is 1. The van der Waals surface area contributed by atoms with Crippen LogP contribution in [0, 0.1) is 5.92 Å². The van der Waals surface area contributed by atoms with Crippen LogP contribution in [-0.4, -0.2) is 32.8 Å². The van der Waals surface area contributed by atoms with Gasteiger partial charge in [-0.25, -0.2) is 0 Å². The molecule has 1 heterocycles. The molecule has 0 aromatic heterocycles. The van der Waals surface area contributed by atoms with Gasteiger partial charge in [0.1, 0.15) is 5.75 Å². The number of nitrogens with zero attached hydrogens (tertiary/aromatic N) is 1. The van der Waals surface area contributed by atoms with Gasteiger partial charge in [0.2, 0.25) is 0 Å². The van der Waals surface area contributed by atoms with Crippen molar-refractivity contribution >= 4 is 35.7 Å². The molecule has 0 spiro atoms. The number of hydrogen-bond donors (Lipinski definition) is 0. The summed E-state index contributed by atoms with van der Waals surface area (Å²) in [4.78, 5) is 14.0. The monoisotopic (exact) mass is 333 g/mol. The largest absolute Gasteiger partial charge is 0.495 e. The summed E-state index contributed by atoms with van der Waals surface area (Å²) in [6.45, 7) is 3.98. The summed E-state index contributed by atoms with van der Waals surface area (Å²) in [7, 11) is 1.61. The summed E-state index contributed by atoms with van der Waals surface area (Å²) in [5.41, 5.74) is 1.08. The highest BCUT2D eigenvalue weighted by Crippen LogP contribution is 2.31. The smallest absolute Gasteiger partial charge is 0.309 e. The van der Waals surface area contributed by atoms with Gasteiger partial charge >= 0.3 is 5.97 Å². The van der Waals surface area contributed by atoms with E-state index in [-0.39, 0.29) is 24.3 Å². The molecule has 0 radical (unpaired) electrons. The molecule has 2 rings (SSSR count). The molecule has 21 heavy (non-hydrogen) atoms. The van der Waals surface area contributed by atoms with E-state index in [4.69, 9.17) is 21.1 Å². The molecule has 0 unspecified atom stereocenters. The molecule has 0 amide bonds. The number of halogens is 2. The van der Waals surface area contributed by atoms with Gasteiger partial charge in [-0.3, -0.25) is 4.79 Å². The van der Waals surface area contributed by atoms with Gasteiger partial charge in [0.25, 0.3) is 0 Å². The SMILES string of the molecule is CCOC(=O)C1CCN(c2ccc(Cl)c(OC)c2)CC1.Cl. The number of benzene rings is 1. The number of rotatable bonds is 4. The third kappa shape index (κ3) is 4.42. The van der Waals surface area contributed by atoms with Gasteiger partial charge in [0.15, 0.2) is 0 Å². The van der Waals surface area contributed by atoms with Crippen molar-refractivity contribution in [2.75, 3.05) is 31.7 Å². The molecule has 4 nitrogen and oxygen atoms in total. The summed E-state index contributed by atoms with van der Waals surface area (Å²) in [5.74, 6) is 0.637. The third-order valence-electron chi connectivity index (χ3n) is 3.61. The minimum Gasteiger partial charge on any atom is -0.495 e. The zero-order chi connectivity index (χ0) is 14.5. The van der Waals surface area contributed by atoms with Crippen LogP contribution in [0.5, 0.6) is 5.75 Å². The van der Waals surface area contributed by atoms with Gasteiger partial charge in [-0.2, -0.15) is 0 Å². The number of piperidine rings is 1. The number of esters is 1. The van der Waals surface area contributed by atoms with Crippen LogP contribution in [-0.2, 0) is 9.53 Å². The molecule has 0 N–H and O–H groups in total. The normalized spacial score (nSPS) is 15.3. The molecule has 0 saturated carbocycles. The highest BCUT2D eigenvalue weighted by atomic mass is 35.5. The molecule has 1 fully saturated rings. The van der Waals surface area contributed by atoms with Crippen molar-refractivity contribution in [3.8, 4) is 5.75 Å². The van der Waals surface area contributed by atoms with Crippen LogP contribution in [0.15, 0.2) is 18.2 Å². The Kier molecular flexibility index (Phi) is 7.12. The molecule has 0 aliphatic carbocycles. The fourth-order valence-corrected chi connectivity index (χ4v) is 2.67. The van der Waals surface area contributed by atoms with Gasteiger partial charge < -0.3 is 14.4 Å². The second kappa shape index (κ2) is 8.35. The molecule has 1 aliphatic heterocycles. The first-order valence-electron chi connectivity index (χ1n) is 6.90.